The molecular weight excluding hydrogens is 539 g/mol. The highest BCUT2D eigenvalue weighted by atomic mass is 32.2. The molecule has 8 heteroatoms. The minimum absolute atomic E-state index is 0.0121. The van der Waals surface area contributed by atoms with Crippen molar-refractivity contribution in [1.29, 1.82) is 0 Å². The molecule has 40 heavy (non-hydrogen) atoms. The molecule has 5 rings (SSSR count). The Labute approximate surface area is 244 Å². The van der Waals surface area contributed by atoms with Gasteiger partial charge in [0, 0.05) is 23.9 Å². The van der Waals surface area contributed by atoms with Crippen molar-refractivity contribution in [2.75, 3.05) is 5.75 Å². The van der Waals surface area contributed by atoms with Gasteiger partial charge < -0.3 is 10.1 Å². The van der Waals surface area contributed by atoms with Crippen molar-refractivity contribution in [3.8, 4) is 0 Å². The van der Waals surface area contributed by atoms with E-state index in [2.05, 4.69) is 43.4 Å². The number of amides is 1. The zero-order valence-electron chi connectivity index (χ0n) is 23.4. The fraction of sp³-hybridized carbons (Fsp3) is 0.406. The van der Waals surface area contributed by atoms with E-state index in [0.29, 0.717) is 30.6 Å². The number of hydrogen-bond donors (Lipinski definition) is 1. The molecule has 1 N–H and O–H groups in total. The Morgan fingerprint density at radius 1 is 1.07 bits per heavy atom. The molecule has 0 saturated heterocycles. The Hall–Kier alpha value is -2.94. The van der Waals surface area contributed by atoms with E-state index < -0.39 is 0 Å². The van der Waals surface area contributed by atoms with Gasteiger partial charge in [-0.25, -0.2) is 4.98 Å². The maximum atomic E-state index is 14.0. The molecule has 0 aliphatic carbocycles. The molecule has 2 aromatic carbocycles. The third kappa shape index (κ3) is 6.85. The second-order valence-corrected chi connectivity index (χ2v) is 12.9. The first-order valence-electron chi connectivity index (χ1n) is 14.1. The van der Waals surface area contributed by atoms with Gasteiger partial charge in [-0.3, -0.25) is 14.2 Å². The van der Waals surface area contributed by atoms with E-state index in [-0.39, 0.29) is 29.4 Å². The number of rotatable bonds is 11. The number of carbonyl (C=O) groups excluding carboxylic acids is 1. The summed E-state index contributed by atoms with van der Waals surface area (Å²) in [5, 5.41) is 4.44. The zero-order chi connectivity index (χ0) is 28.1. The first kappa shape index (κ1) is 28.6. The predicted molar refractivity (Wildman–Crippen MR) is 164 cm³/mol. The molecule has 6 nitrogen and oxygen atoms in total. The van der Waals surface area contributed by atoms with E-state index >= 15 is 0 Å². The fourth-order valence-corrected chi connectivity index (χ4v) is 7.11. The largest absolute Gasteiger partial charge is 0.372 e. The molecule has 1 aliphatic heterocycles. The van der Waals surface area contributed by atoms with E-state index in [0.717, 1.165) is 45.5 Å². The number of aromatic nitrogens is 2. The Bertz CT molecular complexity index is 1500. The van der Waals surface area contributed by atoms with Crippen LogP contribution in [0.25, 0.3) is 10.2 Å². The maximum absolute atomic E-state index is 14.0. The standard InChI is InChI=1S/C32H37N3O3S2/c1-21(2)26-18-25-27(19-38-26)40-30-29(25)31(37)35(17-16-24-12-8-5-9-13-24)32(34-30)39-20-28(36)33-22(3)14-15-23-10-6-4-7-11-23/h4-13,21-22,26H,14-20H2,1-3H3,(H,33,36)/t22-,26+/m1/s1. The normalized spacial score (nSPS) is 15.8. The van der Waals surface area contributed by atoms with Crippen molar-refractivity contribution < 1.29 is 9.53 Å². The molecular formula is C32H37N3O3S2. The minimum atomic E-state index is -0.0480. The summed E-state index contributed by atoms with van der Waals surface area (Å²) < 4.78 is 7.86. The summed E-state index contributed by atoms with van der Waals surface area (Å²) in [7, 11) is 0. The van der Waals surface area contributed by atoms with Crippen LogP contribution in [0, 0.1) is 5.92 Å². The van der Waals surface area contributed by atoms with Crippen LogP contribution in [0.2, 0.25) is 0 Å². The van der Waals surface area contributed by atoms with Crippen LogP contribution < -0.4 is 10.9 Å². The molecule has 0 bridgehead atoms. The number of hydrogen-bond acceptors (Lipinski definition) is 6. The third-order valence-electron chi connectivity index (χ3n) is 7.45. The predicted octanol–water partition coefficient (Wildman–Crippen LogP) is 6.03. The number of carbonyl (C=O) groups is 1. The molecule has 2 aromatic heterocycles. The van der Waals surface area contributed by atoms with Gasteiger partial charge in [-0.2, -0.15) is 0 Å². The van der Waals surface area contributed by atoms with Crippen LogP contribution in [0.15, 0.2) is 70.6 Å². The van der Waals surface area contributed by atoms with Crippen molar-refractivity contribution in [3.05, 3.63) is 92.6 Å². The summed E-state index contributed by atoms with van der Waals surface area (Å²) in [5.74, 6) is 0.538. The lowest BCUT2D eigenvalue weighted by molar-refractivity contribution is -0.119. The molecule has 3 heterocycles. The highest BCUT2D eigenvalue weighted by Gasteiger charge is 2.28. The Balaban J connectivity index is 1.34. The quantitative estimate of drug-likeness (QED) is 0.175. The number of aryl methyl sites for hydroxylation is 2. The molecule has 4 aromatic rings. The summed E-state index contributed by atoms with van der Waals surface area (Å²) in [6, 6.07) is 20.5. The second kappa shape index (κ2) is 13.1. The Morgan fingerprint density at radius 3 is 2.42 bits per heavy atom. The maximum Gasteiger partial charge on any atom is 0.263 e. The number of nitrogens with zero attached hydrogens (tertiary/aromatic N) is 2. The van der Waals surface area contributed by atoms with Gasteiger partial charge >= 0.3 is 0 Å². The first-order chi connectivity index (χ1) is 19.4. The number of nitrogens with one attached hydrogen (secondary N) is 1. The van der Waals surface area contributed by atoms with Crippen molar-refractivity contribution >= 4 is 39.2 Å². The Morgan fingerprint density at radius 2 is 1.75 bits per heavy atom. The van der Waals surface area contributed by atoms with Crippen LogP contribution >= 0.6 is 23.1 Å². The number of fused-ring (bicyclic) bond motifs is 3. The van der Waals surface area contributed by atoms with Crippen molar-refractivity contribution in [1.82, 2.24) is 14.9 Å². The summed E-state index contributed by atoms with van der Waals surface area (Å²) in [4.78, 5) is 33.7. The smallest absolute Gasteiger partial charge is 0.263 e. The molecule has 2 atom stereocenters. The molecule has 0 saturated carbocycles. The molecule has 1 aliphatic rings. The van der Waals surface area contributed by atoms with Crippen LogP contribution in [0.3, 0.4) is 0 Å². The number of ether oxygens (including phenoxy) is 1. The van der Waals surface area contributed by atoms with Crippen molar-refractivity contribution in [3.63, 3.8) is 0 Å². The lowest BCUT2D eigenvalue weighted by Crippen LogP contribution is -2.34. The van der Waals surface area contributed by atoms with Gasteiger partial charge in [-0.1, -0.05) is 86.3 Å². The van der Waals surface area contributed by atoms with Gasteiger partial charge in [-0.05, 0) is 48.8 Å². The fourth-order valence-electron chi connectivity index (χ4n) is 5.11. The lowest BCUT2D eigenvalue weighted by atomic mass is 9.96. The molecule has 0 fully saturated rings. The number of benzene rings is 2. The monoisotopic (exact) mass is 575 g/mol. The molecule has 1 amide bonds. The first-order valence-corrected chi connectivity index (χ1v) is 15.9. The zero-order valence-corrected chi connectivity index (χ0v) is 25.0. The van der Waals surface area contributed by atoms with E-state index in [1.807, 2.05) is 43.3 Å². The van der Waals surface area contributed by atoms with Gasteiger partial charge in [0.1, 0.15) is 4.83 Å². The summed E-state index contributed by atoms with van der Waals surface area (Å²) in [6.07, 6.45) is 3.33. The highest BCUT2D eigenvalue weighted by molar-refractivity contribution is 7.99. The van der Waals surface area contributed by atoms with Gasteiger partial charge in [0.05, 0.1) is 23.8 Å². The van der Waals surface area contributed by atoms with Gasteiger partial charge in [0.25, 0.3) is 5.56 Å². The molecule has 210 valence electrons. The van der Waals surface area contributed by atoms with Gasteiger partial charge in [0.2, 0.25) is 5.91 Å². The SMILES string of the molecule is CC(C)[C@@H]1Cc2c(sc3nc(SCC(=O)N[C@H](C)CCc4ccccc4)n(CCc4ccccc4)c(=O)c23)CO1. The van der Waals surface area contributed by atoms with E-state index in [9.17, 15) is 9.59 Å². The lowest BCUT2D eigenvalue weighted by Gasteiger charge is -2.26. The summed E-state index contributed by atoms with van der Waals surface area (Å²) in [5.41, 5.74) is 3.51. The van der Waals surface area contributed by atoms with E-state index in [1.165, 1.54) is 17.3 Å². The summed E-state index contributed by atoms with van der Waals surface area (Å²) >= 11 is 2.89. The number of thiophene rings is 1. The van der Waals surface area contributed by atoms with Crippen LogP contribution in [-0.2, 0) is 41.9 Å². The summed E-state index contributed by atoms with van der Waals surface area (Å²) in [6.45, 7) is 7.38. The van der Waals surface area contributed by atoms with E-state index in [4.69, 9.17) is 9.72 Å². The topological polar surface area (TPSA) is 73.2 Å². The average molecular weight is 576 g/mol. The van der Waals surface area contributed by atoms with Gasteiger partial charge in [-0.15, -0.1) is 11.3 Å². The number of thioether (sulfide) groups is 1. The Kier molecular flexibility index (Phi) is 9.40. The van der Waals surface area contributed by atoms with Crippen LogP contribution in [0.4, 0.5) is 0 Å². The van der Waals surface area contributed by atoms with Crippen LogP contribution in [0.5, 0.6) is 0 Å². The molecule has 0 spiro atoms. The van der Waals surface area contributed by atoms with Crippen LogP contribution in [-0.4, -0.2) is 33.4 Å². The molecule has 0 unspecified atom stereocenters. The average Bonchev–Trinajstić information content (AvgIpc) is 3.33. The third-order valence-corrected chi connectivity index (χ3v) is 9.53. The second-order valence-electron chi connectivity index (χ2n) is 10.8. The van der Waals surface area contributed by atoms with Crippen LogP contribution in [0.1, 0.15) is 48.8 Å². The molecule has 0 radical (unpaired) electrons. The minimum Gasteiger partial charge on any atom is -0.372 e. The van der Waals surface area contributed by atoms with Crippen molar-refractivity contribution in [2.45, 2.75) is 76.9 Å². The van der Waals surface area contributed by atoms with E-state index in [1.54, 1.807) is 15.9 Å². The van der Waals surface area contributed by atoms with Gasteiger partial charge in [0.15, 0.2) is 5.16 Å². The van der Waals surface area contributed by atoms with Crippen molar-refractivity contribution in [2.24, 2.45) is 5.92 Å². The highest BCUT2D eigenvalue weighted by Crippen LogP contribution is 2.36.